The van der Waals surface area contributed by atoms with Crippen LogP contribution in [0.5, 0.6) is 0 Å². The maximum Gasteiger partial charge on any atom is 0.230 e. The number of hydrogen-bond acceptors (Lipinski definition) is 4. The second-order valence-electron chi connectivity index (χ2n) is 5.81. The Labute approximate surface area is 121 Å². The van der Waals surface area contributed by atoms with Crippen molar-refractivity contribution in [3.63, 3.8) is 0 Å². The van der Waals surface area contributed by atoms with Crippen molar-refractivity contribution >= 4 is 15.8 Å². The first-order valence-electron chi connectivity index (χ1n) is 7.41. The maximum atomic E-state index is 12.5. The van der Waals surface area contributed by atoms with Gasteiger partial charge in [-0.25, -0.2) is 8.42 Å². The lowest BCUT2D eigenvalue weighted by Crippen LogP contribution is -2.52. The lowest BCUT2D eigenvalue weighted by molar-refractivity contribution is -0.126. The molecule has 6 heteroatoms. The quantitative estimate of drug-likeness (QED) is 0.796. The van der Waals surface area contributed by atoms with Gasteiger partial charge in [-0.3, -0.25) is 4.79 Å². The van der Waals surface area contributed by atoms with E-state index in [1.54, 1.807) is 0 Å². The Morgan fingerprint density at radius 3 is 2.60 bits per heavy atom. The molecule has 1 aliphatic carbocycles. The van der Waals surface area contributed by atoms with E-state index in [1.165, 1.54) is 11.2 Å². The minimum Gasteiger partial charge on any atom is -0.299 e. The molecule has 5 nitrogen and oxygen atoms in total. The number of ketones is 1. The highest BCUT2D eigenvalue weighted by molar-refractivity contribution is 7.90. The van der Waals surface area contributed by atoms with Crippen LogP contribution >= 0.6 is 0 Å². The third kappa shape index (κ3) is 2.89. The predicted molar refractivity (Wildman–Crippen MR) is 75.3 cm³/mol. The molecule has 3 unspecified atom stereocenters. The molecule has 0 aromatic rings. The molecule has 1 saturated heterocycles. The molecule has 0 radical (unpaired) electrons. The minimum absolute atomic E-state index is 0.162. The van der Waals surface area contributed by atoms with Crippen molar-refractivity contribution in [3.8, 4) is 6.07 Å². The summed E-state index contributed by atoms with van der Waals surface area (Å²) in [5, 5.41) is 7.89. The monoisotopic (exact) mass is 298 g/mol. The van der Waals surface area contributed by atoms with Crippen LogP contribution in [0.15, 0.2) is 0 Å². The highest BCUT2D eigenvalue weighted by Gasteiger charge is 2.42. The number of nitriles is 1. The van der Waals surface area contributed by atoms with Crippen LogP contribution in [0.4, 0.5) is 0 Å². The number of Topliss-reactive ketones (excluding diaryl/α,β-unsaturated/α-hetero) is 1. The van der Waals surface area contributed by atoms with E-state index >= 15 is 0 Å². The van der Waals surface area contributed by atoms with E-state index in [4.69, 9.17) is 5.26 Å². The summed E-state index contributed by atoms with van der Waals surface area (Å²) in [6.45, 7) is 1.87. The third-order valence-electron chi connectivity index (χ3n) is 4.52. The molecule has 2 rings (SSSR count). The van der Waals surface area contributed by atoms with Gasteiger partial charge in [0.15, 0.2) is 5.25 Å². The second kappa shape index (κ2) is 6.23. The van der Waals surface area contributed by atoms with Crippen LogP contribution in [0.3, 0.4) is 0 Å². The molecule has 2 aliphatic rings. The number of nitrogens with zero attached hydrogens (tertiary/aromatic N) is 2. The zero-order valence-electron chi connectivity index (χ0n) is 11.9. The fourth-order valence-electron chi connectivity index (χ4n) is 3.34. The van der Waals surface area contributed by atoms with Crippen molar-refractivity contribution in [2.45, 2.75) is 63.2 Å². The van der Waals surface area contributed by atoms with Crippen molar-refractivity contribution in [2.24, 2.45) is 5.92 Å². The smallest absolute Gasteiger partial charge is 0.230 e. The van der Waals surface area contributed by atoms with Crippen molar-refractivity contribution in [2.75, 3.05) is 6.54 Å². The van der Waals surface area contributed by atoms with Gasteiger partial charge in [0.2, 0.25) is 10.0 Å². The average molecular weight is 298 g/mol. The molecule has 0 N–H and O–H groups in total. The summed E-state index contributed by atoms with van der Waals surface area (Å²) >= 11 is 0. The molecule has 0 aromatic heterocycles. The SMILES string of the molecule is CC(C#N)S(=O)(=O)N1CCCCC1C1CCCCC1=O. The van der Waals surface area contributed by atoms with Gasteiger partial charge in [0.1, 0.15) is 5.78 Å². The summed E-state index contributed by atoms with van der Waals surface area (Å²) in [4.78, 5) is 12.1. The maximum absolute atomic E-state index is 12.5. The van der Waals surface area contributed by atoms with E-state index in [2.05, 4.69) is 0 Å². The molecule has 0 bridgehead atoms. The average Bonchev–Trinajstić information content (AvgIpc) is 2.47. The van der Waals surface area contributed by atoms with Gasteiger partial charge < -0.3 is 0 Å². The first kappa shape index (κ1) is 15.5. The summed E-state index contributed by atoms with van der Waals surface area (Å²) in [5.41, 5.74) is 0. The molecule has 112 valence electrons. The molecule has 1 aliphatic heterocycles. The Balaban J connectivity index is 2.25. The van der Waals surface area contributed by atoms with Gasteiger partial charge in [0.25, 0.3) is 0 Å². The van der Waals surface area contributed by atoms with Crippen LogP contribution < -0.4 is 0 Å². The van der Waals surface area contributed by atoms with Gasteiger partial charge in [0.05, 0.1) is 6.07 Å². The Kier molecular flexibility index (Phi) is 4.82. The molecule has 3 atom stereocenters. The molecule has 0 amide bonds. The molecule has 0 aromatic carbocycles. The lowest BCUT2D eigenvalue weighted by Gasteiger charge is -2.40. The van der Waals surface area contributed by atoms with Crippen LogP contribution in [0.25, 0.3) is 0 Å². The van der Waals surface area contributed by atoms with Gasteiger partial charge >= 0.3 is 0 Å². The zero-order chi connectivity index (χ0) is 14.8. The molecule has 1 saturated carbocycles. The van der Waals surface area contributed by atoms with Crippen molar-refractivity contribution in [3.05, 3.63) is 0 Å². The van der Waals surface area contributed by atoms with E-state index in [0.29, 0.717) is 13.0 Å². The van der Waals surface area contributed by atoms with Crippen molar-refractivity contribution in [1.82, 2.24) is 4.31 Å². The highest BCUT2D eigenvalue weighted by Crippen LogP contribution is 2.34. The normalized spacial score (nSPS) is 30.7. The number of sulfonamides is 1. The van der Waals surface area contributed by atoms with Crippen LogP contribution in [0.1, 0.15) is 51.9 Å². The third-order valence-corrected chi connectivity index (χ3v) is 6.63. The predicted octanol–water partition coefficient (Wildman–Crippen LogP) is 1.84. The molecule has 0 spiro atoms. The fourth-order valence-corrected chi connectivity index (χ4v) is 4.89. The van der Waals surface area contributed by atoms with Gasteiger partial charge in [-0.2, -0.15) is 9.57 Å². The molecule has 1 heterocycles. The number of rotatable bonds is 3. The van der Waals surface area contributed by atoms with E-state index in [1.807, 2.05) is 6.07 Å². The van der Waals surface area contributed by atoms with Crippen molar-refractivity contribution < 1.29 is 13.2 Å². The van der Waals surface area contributed by atoms with E-state index < -0.39 is 15.3 Å². The van der Waals surface area contributed by atoms with Crippen molar-refractivity contribution in [1.29, 1.82) is 5.26 Å². The number of carbonyl (C=O) groups excluding carboxylic acids is 1. The number of hydrogen-bond donors (Lipinski definition) is 0. The van der Waals surface area contributed by atoms with E-state index in [-0.39, 0.29) is 17.7 Å². The summed E-state index contributed by atoms with van der Waals surface area (Å²) in [7, 11) is -3.61. The number of piperidine rings is 1. The molecular weight excluding hydrogens is 276 g/mol. The van der Waals surface area contributed by atoms with E-state index in [9.17, 15) is 13.2 Å². The van der Waals surface area contributed by atoms with Gasteiger partial charge in [-0.1, -0.05) is 12.8 Å². The topological polar surface area (TPSA) is 78.2 Å². The second-order valence-corrected chi connectivity index (χ2v) is 8.01. The fraction of sp³-hybridized carbons (Fsp3) is 0.857. The Morgan fingerprint density at radius 2 is 1.95 bits per heavy atom. The first-order chi connectivity index (χ1) is 9.48. The number of carbonyl (C=O) groups is 1. The summed E-state index contributed by atoms with van der Waals surface area (Å²) in [6, 6.07) is 1.60. The van der Waals surface area contributed by atoms with E-state index in [0.717, 1.165) is 38.5 Å². The Bertz CT molecular complexity index is 509. The Morgan fingerprint density at radius 1 is 1.25 bits per heavy atom. The Hall–Kier alpha value is -0.930. The van der Waals surface area contributed by atoms with Crippen LogP contribution in [-0.2, 0) is 14.8 Å². The summed E-state index contributed by atoms with van der Waals surface area (Å²) in [6.07, 6.45) is 5.79. The summed E-state index contributed by atoms with van der Waals surface area (Å²) < 4.78 is 26.4. The standard InChI is InChI=1S/C14H22N2O3S/c1-11(10-15)20(18,19)16-9-5-4-7-13(16)12-6-2-3-8-14(12)17/h11-13H,2-9H2,1H3. The molecular formula is C14H22N2O3S. The van der Waals surface area contributed by atoms with Gasteiger partial charge in [-0.15, -0.1) is 0 Å². The van der Waals surface area contributed by atoms with Crippen LogP contribution in [0, 0.1) is 17.2 Å². The van der Waals surface area contributed by atoms with Gasteiger partial charge in [-0.05, 0) is 32.6 Å². The molecule has 20 heavy (non-hydrogen) atoms. The zero-order valence-corrected chi connectivity index (χ0v) is 12.7. The van der Waals surface area contributed by atoms with Gasteiger partial charge in [0, 0.05) is 24.9 Å². The van der Waals surface area contributed by atoms with Crippen LogP contribution in [0.2, 0.25) is 0 Å². The lowest BCUT2D eigenvalue weighted by atomic mass is 9.80. The largest absolute Gasteiger partial charge is 0.299 e. The minimum atomic E-state index is -3.61. The highest BCUT2D eigenvalue weighted by atomic mass is 32.2. The summed E-state index contributed by atoms with van der Waals surface area (Å²) in [5.74, 6) is 0.0395. The molecule has 2 fully saturated rings. The van der Waals surface area contributed by atoms with Crippen LogP contribution in [-0.4, -0.2) is 36.3 Å². The first-order valence-corrected chi connectivity index (χ1v) is 8.92.